The Kier molecular flexibility index (Phi) is 4.40. The van der Waals surface area contributed by atoms with E-state index in [1.165, 1.54) is 65.0 Å². The molecule has 2 atom stereocenters. The second kappa shape index (κ2) is 6.48. The first kappa shape index (κ1) is 14.9. The summed E-state index contributed by atoms with van der Waals surface area (Å²) in [6, 6.07) is 0. The van der Waals surface area contributed by atoms with E-state index in [2.05, 4.69) is 14.7 Å². The van der Waals surface area contributed by atoms with Crippen molar-refractivity contribution in [2.45, 2.75) is 38.5 Å². The molecule has 124 valence electrons. The molecule has 0 bridgehead atoms. The SMILES string of the molecule is O=C(C1CCC1)N1C[C@H]2CCN(CCN3CCCC3)C[C@H]2C1. The lowest BCUT2D eigenvalue weighted by molar-refractivity contribution is -0.137. The van der Waals surface area contributed by atoms with E-state index in [9.17, 15) is 4.79 Å². The molecular weight excluding hydrogens is 274 g/mol. The lowest BCUT2D eigenvalue weighted by Crippen LogP contribution is -2.43. The Hall–Kier alpha value is -0.610. The predicted octanol–water partition coefficient (Wildman–Crippen LogP) is 1.66. The van der Waals surface area contributed by atoms with Gasteiger partial charge in [-0.2, -0.15) is 0 Å². The van der Waals surface area contributed by atoms with Gasteiger partial charge < -0.3 is 14.7 Å². The summed E-state index contributed by atoms with van der Waals surface area (Å²) in [5.41, 5.74) is 0. The molecule has 3 heterocycles. The molecule has 4 heteroatoms. The summed E-state index contributed by atoms with van der Waals surface area (Å²) in [7, 11) is 0. The minimum absolute atomic E-state index is 0.381. The summed E-state index contributed by atoms with van der Waals surface area (Å²) >= 11 is 0. The lowest BCUT2D eigenvalue weighted by atomic mass is 9.84. The largest absolute Gasteiger partial charge is 0.342 e. The lowest BCUT2D eigenvalue weighted by Gasteiger charge is -2.35. The fraction of sp³-hybridized carbons (Fsp3) is 0.944. The fourth-order valence-corrected chi connectivity index (χ4v) is 4.83. The highest BCUT2D eigenvalue weighted by atomic mass is 16.2. The van der Waals surface area contributed by atoms with Gasteiger partial charge in [0, 0.05) is 38.6 Å². The van der Waals surface area contributed by atoms with Gasteiger partial charge in [-0.1, -0.05) is 6.42 Å². The third-order valence-corrected chi connectivity index (χ3v) is 6.58. The highest BCUT2D eigenvalue weighted by molar-refractivity contribution is 5.79. The number of carbonyl (C=O) groups is 1. The third-order valence-electron chi connectivity index (χ3n) is 6.58. The Morgan fingerprint density at radius 1 is 0.773 bits per heavy atom. The van der Waals surface area contributed by atoms with Gasteiger partial charge in [0.05, 0.1) is 0 Å². The van der Waals surface area contributed by atoms with Crippen LogP contribution >= 0.6 is 0 Å². The van der Waals surface area contributed by atoms with E-state index >= 15 is 0 Å². The summed E-state index contributed by atoms with van der Waals surface area (Å²) in [5.74, 6) is 2.39. The Labute approximate surface area is 134 Å². The van der Waals surface area contributed by atoms with Crippen molar-refractivity contribution in [3.63, 3.8) is 0 Å². The average Bonchev–Trinajstić information content (AvgIpc) is 3.12. The Bertz CT molecular complexity index is 403. The first-order valence-corrected chi connectivity index (χ1v) is 9.53. The van der Waals surface area contributed by atoms with Crippen LogP contribution in [0.25, 0.3) is 0 Å². The van der Waals surface area contributed by atoms with Crippen molar-refractivity contribution in [1.82, 2.24) is 14.7 Å². The molecule has 0 aromatic carbocycles. The maximum Gasteiger partial charge on any atom is 0.225 e. The van der Waals surface area contributed by atoms with Gasteiger partial charge in [-0.15, -0.1) is 0 Å². The first-order valence-electron chi connectivity index (χ1n) is 9.53. The molecule has 3 aliphatic heterocycles. The van der Waals surface area contributed by atoms with Gasteiger partial charge in [0.1, 0.15) is 0 Å². The number of hydrogen-bond acceptors (Lipinski definition) is 3. The molecule has 4 fully saturated rings. The van der Waals surface area contributed by atoms with Crippen LogP contribution in [-0.2, 0) is 4.79 Å². The smallest absolute Gasteiger partial charge is 0.225 e. The standard InChI is InChI=1S/C18H31N3O/c22-18(15-4-3-5-15)21-13-16-6-9-20(12-17(16)14-21)11-10-19-7-1-2-8-19/h15-17H,1-14H2/t16-,17+/m1/s1. The van der Waals surface area contributed by atoms with E-state index < -0.39 is 0 Å². The van der Waals surface area contributed by atoms with Crippen molar-refractivity contribution in [1.29, 1.82) is 0 Å². The van der Waals surface area contributed by atoms with Crippen LogP contribution in [0.2, 0.25) is 0 Å². The van der Waals surface area contributed by atoms with Gasteiger partial charge in [-0.3, -0.25) is 4.79 Å². The zero-order chi connectivity index (χ0) is 14.9. The Balaban J connectivity index is 1.25. The van der Waals surface area contributed by atoms with Gasteiger partial charge >= 0.3 is 0 Å². The van der Waals surface area contributed by atoms with Crippen LogP contribution in [0.3, 0.4) is 0 Å². The maximum absolute atomic E-state index is 12.5. The van der Waals surface area contributed by atoms with Crippen LogP contribution in [0.5, 0.6) is 0 Å². The van der Waals surface area contributed by atoms with Gasteiger partial charge in [0.25, 0.3) is 0 Å². The molecule has 0 aromatic heterocycles. The molecule has 0 spiro atoms. The van der Waals surface area contributed by atoms with E-state index in [4.69, 9.17) is 0 Å². The molecule has 1 saturated carbocycles. The monoisotopic (exact) mass is 305 g/mol. The minimum atomic E-state index is 0.381. The highest BCUT2D eigenvalue weighted by Crippen LogP contribution is 2.35. The number of rotatable bonds is 4. The number of nitrogens with zero attached hydrogens (tertiary/aromatic N) is 3. The number of piperidine rings is 1. The van der Waals surface area contributed by atoms with Crippen LogP contribution in [0, 0.1) is 17.8 Å². The van der Waals surface area contributed by atoms with Crippen molar-refractivity contribution >= 4 is 5.91 Å². The van der Waals surface area contributed by atoms with E-state index in [1.807, 2.05) is 0 Å². The highest BCUT2D eigenvalue weighted by Gasteiger charge is 2.41. The summed E-state index contributed by atoms with van der Waals surface area (Å²) in [6.45, 7) is 9.68. The van der Waals surface area contributed by atoms with Crippen LogP contribution in [-0.4, -0.2) is 73.0 Å². The summed E-state index contributed by atoms with van der Waals surface area (Å²) in [6.07, 6.45) is 7.64. The number of likely N-dealkylation sites (tertiary alicyclic amines) is 3. The van der Waals surface area contributed by atoms with Crippen molar-refractivity contribution in [2.24, 2.45) is 17.8 Å². The summed E-state index contributed by atoms with van der Waals surface area (Å²) in [4.78, 5) is 20.0. The topological polar surface area (TPSA) is 26.8 Å². The molecule has 1 amide bonds. The van der Waals surface area contributed by atoms with Crippen molar-refractivity contribution in [3.8, 4) is 0 Å². The second-order valence-corrected chi connectivity index (χ2v) is 8.03. The van der Waals surface area contributed by atoms with E-state index in [1.54, 1.807) is 0 Å². The normalized spacial score (nSPS) is 33.9. The van der Waals surface area contributed by atoms with E-state index in [0.717, 1.165) is 37.8 Å². The second-order valence-electron chi connectivity index (χ2n) is 8.03. The Morgan fingerprint density at radius 2 is 1.50 bits per heavy atom. The van der Waals surface area contributed by atoms with Gasteiger partial charge in [-0.05, 0) is 63.6 Å². The maximum atomic E-state index is 12.5. The molecule has 1 aliphatic carbocycles. The van der Waals surface area contributed by atoms with Gasteiger partial charge in [-0.25, -0.2) is 0 Å². The summed E-state index contributed by atoms with van der Waals surface area (Å²) in [5, 5.41) is 0. The number of amides is 1. The summed E-state index contributed by atoms with van der Waals surface area (Å²) < 4.78 is 0. The number of hydrogen-bond donors (Lipinski definition) is 0. The fourth-order valence-electron chi connectivity index (χ4n) is 4.83. The molecular formula is C18H31N3O. The van der Waals surface area contributed by atoms with Crippen molar-refractivity contribution in [2.75, 3.05) is 52.4 Å². The zero-order valence-electron chi connectivity index (χ0n) is 13.9. The number of carbonyl (C=O) groups excluding carboxylic acids is 1. The first-order chi connectivity index (χ1) is 10.8. The van der Waals surface area contributed by atoms with Gasteiger partial charge in [0.15, 0.2) is 0 Å². The average molecular weight is 305 g/mol. The number of fused-ring (bicyclic) bond motifs is 1. The van der Waals surface area contributed by atoms with Crippen LogP contribution in [0.1, 0.15) is 38.5 Å². The van der Waals surface area contributed by atoms with E-state index in [0.29, 0.717) is 11.8 Å². The molecule has 4 aliphatic rings. The third kappa shape index (κ3) is 3.05. The molecule has 0 radical (unpaired) electrons. The zero-order valence-corrected chi connectivity index (χ0v) is 13.9. The van der Waals surface area contributed by atoms with Crippen LogP contribution in [0.4, 0.5) is 0 Å². The van der Waals surface area contributed by atoms with Gasteiger partial charge in [0.2, 0.25) is 5.91 Å². The molecule has 4 nitrogen and oxygen atoms in total. The van der Waals surface area contributed by atoms with Crippen molar-refractivity contribution in [3.05, 3.63) is 0 Å². The minimum Gasteiger partial charge on any atom is -0.342 e. The molecule has 22 heavy (non-hydrogen) atoms. The van der Waals surface area contributed by atoms with Crippen LogP contribution < -0.4 is 0 Å². The Morgan fingerprint density at radius 3 is 2.23 bits per heavy atom. The molecule has 0 aromatic rings. The molecule has 0 unspecified atom stereocenters. The molecule has 0 N–H and O–H groups in total. The molecule has 4 rings (SSSR count). The van der Waals surface area contributed by atoms with Crippen LogP contribution in [0.15, 0.2) is 0 Å². The van der Waals surface area contributed by atoms with Crippen molar-refractivity contribution < 1.29 is 4.79 Å². The predicted molar refractivity (Wildman–Crippen MR) is 87.6 cm³/mol. The van der Waals surface area contributed by atoms with E-state index in [-0.39, 0.29) is 0 Å². The quantitative estimate of drug-likeness (QED) is 0.790. The molecule has 3 saturated heterocycles.